The van der Waals surface area contributed by atoms with Crippen LogP contribution in [-0.4, -0.2) is 124 Å². The number of nitrogens with one attached hydrogen (secondary N) is 1. The number of likely N-dealkylation sites (N-methyl/N-ethyl adjacent to an activating group) is 1. The van der Waals surface area contributed by atoms with Crippen LogP contribution in [0.5, 0.6) is 0 Å². The van der Waals surface area contributed by atoms with Gasteiger partial charge in [0.1, 0.15) is 0 Å². The van der Waals surface area contributed by atoms with Crippen molar-refractivity contribution < 1.29 is 26.6 Å². The van der Waals surface area contributed by atoms with Gasteiger partial charge in [-0.2, -0.15) is 0 Å². The molecule has 0 aromatic heterocycles. The number of hydrogen-bond acceptors (Lipinski definition) is 9. The molecule has 1 aliphatic heterocycles. The van der Waals surface area contributed by atoms with Gasteiger partial charge in [-0.1, -0.05) is 0 Å². The van der Waals surface area contributed by atoms with Crippen LogP contribution < -0.4 is 5.32 Å². The van der Waals surface area contributed by atoms with Crippen molar-refractivity contribution in [3.05, 3.63) is 11.0 Å². The molecule has 0 unspecified atom stereocenters. The van der Waals surface area contributed by atoms with Crippen LogP contribution in [0, 0.1) is 0 Å². The van der Waals surface area contributed by atoms with E-state index in [1.54, 1.807) is 21.3 Å². The molecule has 1 N–H and O–H groups in total. The topological polar surface area (TPSA) is 73.9 Å². The summed E-state index contributed by atoms with van der Waals surface area (Å²) in [6.07, 6.45) is 4.18. The molecular weight excluding hydrogens is 462 g/mol. The van der Waals surface area contributed by atoms with Gasteiger partial charge in [-0.25, -0.2) is 0 Å². The Kier molecular flexibility index (Phi) is 15.4. The summed E-state index contributed by atoms with van der Waals surface area (Å²) in [5, 5.41) is 3.61. The van der Waals surface area contributed by atoms with Crippen LogP contribution in [0.4, 0.5) is 0 Å². The van der Waals surface area contributed by atoms with Crippen molar-refractivity contribution in [2.75, 3.05) is 87.1 Å². The summed E-state index contributed by atoms with van der Waals surface area (Å²) in [5.74, 6) is 0. The van der Waals surface area contributed by atoms with Gasteiger partial charge in [0.2, 0.25) is 0 Å². The van der Waals surface area contributed by atoms with Gasteiger partial charge in [-0.15, -0.1) is 0 Å². The lowest BCUT2D eigenvalue weighted by molar-refractivity contribution is 0.0708. The zero-order chi connectivity index (χ0) is 23.9. The summed E-state index contributed by atoms with van der Waals surface area (Å²) >= 11 is 0. The second kappa shape index (κ2) is 16.5. The molecular formula is C20H47N3O6Si3. The molecule has 0 radical (unpaired) electrons. The molecule has 32 heavy (non-hydrogen) atoms. The predicted octanol–water partition coefficient (Wildman–Crippen LogP) is 0.647. The first-order valence-electron chi connectivity index (χ1n) is 11.9. The second-order valence-corrected chi connectivity index (χ2v) is 15.9. The maximum atomic E-state index is 5.95. The van der Waals surface area contributed by atoms with E-state index in [1.807, 2.05) is 20.8 Å². The van der Waals surface area contributed by atoms with Gasteiger partial charge in [0, 0.05) is 73.4 Å². The zero-order valence-electron chi connectivity index (χ0n) is 21.4. The monoisotopic (exact) mass is 509 g/mol. The van der Waals surface area contributed by atoms with Gasteiger partial charge in [0.25, 0.3) is 0 Å². The fourth-order valence-electron chi connectivity index (χ4n) is 3.89. The molecule has 190 valence electrons. The van der Waals surface area contributed by atoms with Crippen LogP contribution in [0.15, 0.2) is 11.0 Å². The summed E-state index contributed by atoms with van der Waals surface area (Å²) in [6, 6.07) is 0.827. The van der Waals surface area contributed by atoms with Crippen molar-refractivity contribution in [3.63, 3.8) is 0 Å². The number of rotatable bonds is 18. The Hall–Kier alpha value is -0.129. The molecule has 12 heteroatoms. The summed E-state index contributed by atoms with van der Waals surface area (Å²) < 4.78 is 35.3. The first-order valence-corrected chi connectivity index (χ1v) is 17.2. The van der Waals surface area contributed by atoms with Gasteiger partial charge in [0.05, 0.1) is 9.52 Å². The normalized spacial score (nSPS) is 17.1. The van der Waals surface area contributed by atoms with E-state index in [0.717, 1.165) is 51.4 Å². The average molecular weight is 510 g/mol. The quantitative estimate of drug-likeness (QED) is 0.212. The zero-order valence-corrected chi connectivity index (χ0v) is 24.8. The van der Waals surface area contributed by atoms with Crippen LogP contribution >= 0.6 is 0 Å². The fourth-order valence-corrected chi connectivity index (χ4v) is 12.1. The van der Waals surface area contributed by atoms with Crippen molar-refractivity contribution in [3.8, 4) is 0 Å². The highest BCUT2D eigenvalue weighted by atomic mass is 28.4. The van der Waals surface area contributed by atoms with Crippen LogP contribution in [0.2, 0.25) is 6.04 Å². The lowest BCUT2D eigenvalue weighted by atomic mass is 10.3. The lowest BCUT2D eigenvalue weighted by Crippen LogP contribution is -2.50. The Bertz CT molecular complexity index is 496. The molecule has 0 aliphatic carbocycles. The third-order valence-corrected chi connectivity index (χ3v) is 14.6. The molecule has 0 saturated carbocycles. The van der Waals surface area contributed by atoms with Gasteiger partial charge in [0.15, 0.2) is 0 Å². The molecule has 1 saturated heterocycles. The molecule has 0 bridgehead atoms. The largest absolute Gasteiger partial charge is 0.528 e. The molecule has 1 fully saturated rings. The fraction of sp³-hybridized carbons (Fsp3) is 0.900. The molecule has 0 spiro atoms. The van der Waals surface area contributed by atoms with Crippen LogP contribution in [-0.2, 0) is 26.6 Å². The van der Waals surface area contributed by atoms with Crippen molar-refractivity contribution in [1.29, 1.82) is 0 Å². The number of piperazine rings is 1. The molecule has 9 nitrogen and oxygen atoms in total. The maximum absolute atomic E-state index is 5.95. The summed E-state index contributed by atoms with van der Waals surface area (Å²) in [5.41, 5.74) is 0. The van der Waals surface area contributed by atoms with E-state index in [4.69, 9.17) is 26.6 Å². The summed E-state index contributed by atoms with van der Waals surface area (Å²) in [6.45, 7) is 12.9. The Labute approximate surface area is 200 Å². The maximum Gasteiger partial charge on any atom is 0.528 e. The molecule has 1 heterocycles. The smallest absolute Gasteiger partial charge is 0.375 e. The highest BCUT2D eigenvalue weighted by Gasteiger charge is 2.43. The standard InChI is InChI=1S/C20H47N3O6Si3/c1-8-27-31(28-9-2,29-10-3)17-11-12-21-19-30-20(32(24-5,25-6)26-7)18-23-15-13-22(4)14-16-23/h18,21H,8-17,19,30H2,1-7H3. The Morgan fingerprint density at radius 2 is 1.44 bits per heavy atom. The molecule has 1 aliphatic rings. The minimum Gasteiger partial charge on any atom is -0.375 e. The van der Waals surface area contributed by atoms with E-state index >= 15 is 0 Å². The highest BCUT2D eigenvalue weighted by molar-refractivity contribution is 6.83. The first kappa shape index (κ1) is 29.9. The molecule has 0 aromatic rings. The highest BCUT2D eigenvalue weighted by Crippen LogP contribution is 2.19. The first-order chi connectivity index (χ1) is 15.4. The van der Waals surface area contributed by atoms with E-state index in [-0.39, 0.29) is 0 Å². The molecule has 0 aromatic carbocycles. The van der Waals surface area contributed by atoms with Crippen LogP contribution in [0.3, 0.4) is 0 Å². The van der Waals surface area contributed by atoms with E-state index < -0.39 is 27.1 Å². The number of nitrogens with zero attached hydrogens (tertiary/aromatic N) is 2. The van der Waals surface area contributed by atoms with E-state index in [2.05, 4.69) is 28.4 Å². The lowest BCUT2D eigenvalue weighted by Gasteiger charge is -2.34. The minimum absolute atomic E-state index is 0.616. The Morgan fingerprint density at radius 1 is 0.906 bits per heavy atom. The van der Waals surface area contributed by atoms with Gasteiger partial charge in [-0.3, -0.25) is 0 Å². The van der Waals surface area contributed by atoms with E-state index in [0.29, 0.717) is 19.8 Å². The van der Waals surface area contributed by atoms with Crippen molar-refractivity contribution in [2.24, 2.45) is 0 Å². The van der Waals surface area contributed by atoms with Crippen molar-refractivity contribution in [1.82, 2.24) is 15.1 Å². The third kappa shape index (κ3) is 9.62. The van der Waals surface area contributed by atoms with Gasteiger partial charge >= 0.3 is 17.6 Å². The molecule has 0 amide bonds. The number of hydrogen-bond donors (Lipinski definition) is 1. The minimum atomic E-state index is -2.80. The van der Waals surface area contributed by atoms with E-state index in [1.165, 1.54) is 4.82 Å². The predicted molar refractivity (Wildman–Crippen MR) is 135 cm³/mol. The Balaban J connectivity index is 2.64. The molecule has 0 atom stereocenters. The van der Waals surface area contributed by atoms with Gasteiger partial charge in [-0.05, 0) is 58.0 Å². The average Bonchev–Trinajstić information content (AvgIpc) is 2.79. The summed E-state index contributed by atoms with van der Waals surface area (Å²) in [4.78, 5) is 5.98. The second-order valence-electron chi connectivity index (χ2n) is 7.75. The van der Waals surface area contributed by atoms with E-state index in [9.17, 15) is 0 Å². The van der Waals surface area contributed by atoms with Gasteiger partial charge < -0.3 is 41.7 Å². The summed E-state index contributed by atoms with van der Waals surface area (Å²) in [7, 11) is 1.21. The molecule has 1 rings (SSSR count). The Morgan fingerprint density at radius 3 is 1.91 bits per heavy atom. The SMILES string of the molecule is CCO[Si](CCCNC[SiH2]C(=CN1CCN(C)CC1)[Si](OC)(OC)OC)(OCC)OCC. The van der Waals surface area contributed by atoms with Crippen molar-refractivity contribution in [2.45, 2.75) is 33.2 Å². The van der Waals surface area contributed by atoms with Crippen LogP contribution in [0.25, 0.3) is 0 Å². The van der Waals surface area contributed by atoms with Crippen molar-refractivity contribution >= 4 is 27.1 Å². The third-order valence-electron chi connectivity index (χ3n) is 5.58. The van der Waals surface area contributed by atoms with Crippen LogP contribution in [0.1, 0.15) is 27.2 Å².